The topological polar surface area (TPSA) is 99.4 Å². The second-order valence-corrected chi connectivity index (χ2v) is 5.77. The van der Waals surface area contributed by atoms with Gasteiger partial charge in [0.05, 0.1) is 4.92 Å². The lowest BCUT2D eigenvalue weighted by molar-refractivity contribution is -0.389. The fourth-order valence-corrected chi connectivity index (χ4v) is 2.16. The Labute approximate surface area is 116 Å². The molecule has 0 fully saturated rings. The molecular formula is C7H2ClF5N2O5S. The van der Waals surface area contributed by atoms with E-state index in [0.29, 0.717) is 0 Å². The van der Waals surface area contributed by atoms with Crippen LogP contribution in [0, 0.1) is 10.1 Å². The molecule has 0 atom stereocenters. The summed E-state index contributed by atoms with van der Waals surface area (Å²) in [5, 5.41) is 10.6. The van der Waals surface area contributed by atoms with Gasteiger partial charge in [-0.15, -0.1) is 13.2 Å². The smallest absolute Gasteiger partial charge is 0.381 e. The fraction of sp³-hybridized carbons (Fsp3) is 0.286. The Balaban J connectivity index is 3.67. The minimum atomic E-state index is -5.46. The van der Waals surface area contributed by atoms with E-state index in [0.717, 1.165) is 0 Å². The number of rotatable bonds is 4. The van der Waals surface area contributed by atoms with Crippen molar-refractivity contribution in [2.24, 2.45) is 0 Å². The Morgan fingerprint density at radius 1 is 1.38 bits per heavy atom. The van der Waals surface area contributed by atoms with Gasteiger partial charge in [0.15, 0.2) is 0 Å². The Kier molecular flexibility index (Phi) is 4.57. The van der Waals surface area contributed by atoms with Crippen molar-refractivity contribution in [1.29, 1.82) is 0 Å². The summed E-state index contributed by atoms with van der Waals surface area (Å²) in [6.45, 7) is 0. The molecule has 118 valence electrons. The van der Waals surface area contributed by atoms with Crippen molar-refractivity contribution in [3.8, 4) is 5.88 Å². The molecule has 0 amide bonds. The first kappa shape index (κ1) is 17.3. The molecule has 21 heavy (non-hydrogen) atoms. The fourth-order valence-electron chi connectivity index (χ4n) is 1.15. The molecule has 0 aliphatic carbocycles. The van der Waals surface area contributed by atoms with E-state index in [-0.39, 0.29) is 6.07 Å². The van der Waals surface area contributed by atoms with E-state index in [1.807, 2.05) is 0 Å². The zero-order chi connectivity index (χ0) is 16.6. The predicted octanol–water partition coefficient (Wildman–Crippen LogP) is 2.75. The van der Waals surface area contributed by atoms with Gasteiger partial charge in [-0.05, 0) is 0 Å². The first-order valence-corrected chi connectivity index (χ1v) is 6.81. The number of hydrogen-bond donors (Lipinski definition) is 0. The van der Waals surface area contributed by atoms with E-state index < -0.39 is 48.9 Å². The molecule has 1 aromatic rings. The van der Waals surface area contributed by atoms with Crippen LogP contribution in [0.15, 0.2) is 11.0 Å². The number of halogens is 6. The molecule has 1 aromatic heterocycles. The lowest BCUT2D eigenvalue weighted by Gasteiger charge is -2.11. The molecular weight excluding hydrogens is 355 g/mol. The maximum absolute atomic E-state index is 12.6. The van der Waals surface area contributed by atoms with Crippen molar-refractivity contribution in [3.05, 3.63) is 21.9 Å². The Morgan fingerprint density at radius 3 is 2.24 bits per heavy atom. The van der Waals surface area contributed by atoms with Gasteiger partial charge >= 0.3 is 17.9 Å². The molecule has 0 unspecified atom stereocenters. The summed E-state index contributed by atoms with van der Waals surface area (Å²) in [6.07, 6.45) is -9.12. The van der Waals surface area contributed by atoms with E-state index in [1.54, 1.807) is 0 Å². The Bertz CT molecular complexity index is 677. The summed E-state index contributed by atoms with van der Waals surface area (Å²) in [5.41, 5.74) is -3.29. The second kappa shape index (κ2) is 5.55. The van der Waals surface area contributed by atoms with Crippen molar-refractivity contribution in [2.75, 3.05) is 0 Å². The lowest BCUT2D eigenvalue weighted by atomic mass is 10.3. The average Bonchev–Trinajstić information content (AvgIpc) is 2.23. The minimum absolute atomic E-state index is 0.0854. The molecule has 0 saturated heterocycles. The van der Waals surface area contributed by atoms with Crippen LogP contribution in [0.1, 0.15) is 12.1 Å². The van der Waals surface area contributed by atoms with Gasteiger partial charge in [-0.3, -0.25) is 10.1 Å². The highest BCUT2D eigenvalue weighted by molar-refractivity contribution is 8.13. The largest absolute Gasteiger partial charge is 0.574 e. The van der Waals surface area contributed by atoms with Crippen molar-refractivity contribution >= 4 is 25.4 Å². The van der Waals surface area contributed by atoms with Crippen molar-refractivity contribution in [3.63, 3.8) is 0 Å². The van der Waals surface area contributed by atoms with Crippen LogP contribution in [0.25, 0.3) is 0 Å². The summed E-state index contributed by atoms with van der Waals surface area (Å²) in [4.78, 5) is 10.1. The quantitative estimate of drug-likeness (QED) is 0.356. The molecule has 0 N–H and O–H groups in total. The predicted molar refractivity (Wildman–Crippen MR) is 55.6 cm³/mol. The van der Waals surface area contributed by atoms with Gasteiger partial charge in [0.2, 0.25) is 0 Å². The number of pyridine rings is 1. The highest BCUT2D eigenvalue weighted by atomic mass is 35.7. The molecule has 0 saturated carbocycles. The number of nitrogens with zero attached hydrogens (tertiary/aromatic N) is 2. The number of nitro groups is 1. The molecule has 0 bridgehead atoms. The molecule has 0 spiro atoms. The Hall–Kier alpha value is -1.76. The molecule has 1 rings (SSSR count). The van der Waals surface area contributed by atoms with E-state index in [1.165, 1.54) is 0 Å². The maximum Gasteiger partial charge on any atom is 0.574 e. The maximum atomic E-state index is 12.6. The SMILES string of the molecule is O=[N+]([O-])c1cc(S(=O)(=O)Cl)c(C(F)F)nc1OC(F)(F)F. The van der Waals surface area contributed by atoms with Crippen molar-refractivity contribution in [2.45, 2.75) is 17.7 Å². The summed E-state index contributed by atoms with van der Waals surface area (Å²) in [7, 11) is -0.123. The summed E-state index contributed by atoms with van der Waals surface area (Å²) < 4.78 is 86.5. The molecule has 0 aliphatic rings. The highest BCUT2D eigenvalue weighted by Gasteiger charge is 2.38. The number of ether oxygens (including phenoxy) is 1. The van der Waals surface area contributed by atoms with Crippen LogP contribution in [0.4, 0.5) is 27.6 Å². The van der Waals surface area contributed by atoms with Crippen LogP contribution in [0.2, 0.25) is 0 Å². The lowest BCUT2D eigenvalue weighted by Crippen LogP contribution is -2.20. The zero-order valence-electron chi connectivity index (χ0n) is 9.27. The average molecular weight is 357 g/mol. The van der Waals surface area contributed by atoms with Crippen LogP contribution in [-0.2, 0) is 9.05 Å². The zero-order valence-corrected chi connectivity index (χ0v) is 10.8. The monoisotopic (exact) mass is 356 g/mol. The van der Waals surface area contributed by atoms with Crippen molar-refractivity contribution < 1.29 is 40.0 Å². The molecule has 0 aliphatic heterocycles. The van der Waals surface area contributed by atoms with Gasteiger partial charge in [0, 0.05) is 16.7 Å². The number of alkyl halides is 5. The van der Waals surface area contributed by atoms with E-state index in [2.05, 4.69) is 9.72 Å². The third-order valence-electron chi connectivity index (χ3n) is 1.84. The number of aromatic nitrogens is 1. The van der Waals surface area contributed by atoms with Crippen LogP contribution in [0.5, 0.6) is 5.88 Å². The third kappa shape index (κ3) is 4.35. The second-order valence-electron chi connectivity index (χ2n) is 3.24. The van der Waals surface area contributed by atoms with Crippen LogP contribution >= 0.6 is 10.7 Å². The molecule has 1 heterocycles. The third-order valence-corrected chi connectivity index (χ3v) is 3.19. The van der Waals surface area contributed by atoms with Gasteiger partial charge in [-0.2, -0.15) is 0 Å². The van der Waals surface area contributed by atoms with Crippen molar-refractivity contribution in [1.82, 2.24) is 4.98 Å². The molecule has 7 nitrogen and oxygen atoms in total. The van der Waals surface area contributed by atoms with Gasteiger partial charge in [0.1, 0.15) is 10.6 Å². The minimum Gasteiger partial charge on any atom is -0.381 e. The highest BCUT2D eigenvalue weighted by Crippen LogP contribution is 2.37. The summed E-state index contributed by atoms with van der Waals surface area (Å²) in [5.74, 6) is -1.83. The van der Waals surface area contributed by atoms with Gasteiger partial charge < -0.3 is 4.74 Å². The summed E-state index contributed by atoms with van der Waals surface area (Å²) in [6, 6.07) is -0.0854. The van der Waals surface area contributed by atoms with Gasteiger partial charge in [-0.1, -0.05) is 0 Å². The molecule has 14 heteroatoms. The number of hydrogen-bond acceptors (Lipinski definition) is 6. The van der Waals surface area contributed by atoms with Crippen LogP contribution in [0.3, 0.4) is 0 Å². The first-order valence-electron chi connectivity index (χ1n) is 4.51. The Morgan fingerprint density at radius 2 is 1.90 bits per heavy atom. The van der Waals surface area contributed by atoms with Crippen LogP contribution < -0.4 is 4.74 Å². The molecule has 0 radical (unpaired) electrons. The normalized spacial score (nSPS) is 12.5. The van der Waals surface area contributed by atoms with E-state index in [9.17, 15) is 40.5 Å². The standard InChI is InChI=1S/C7H2ClF5N2O5S/c8-21(18,19)3-1-2(15(16)17)6(20-7(11,12)13)14-4(3)5(9)10/h1,5H. The first-order chi connectivity index (χ1) is 9.33. The van der Waals surface area contributed by atoms with E-state index >= 15 is 0 Å². The molecule has 0 aromatic carbocycles. The van der Waals surface area contributed by atoms with E-state index in [4.69, 9.17) is 10.7 Å². The van der Waals surface area contributed by atoms with Gasteiger partial charge in [0.25, 0.3) is 15.5 Å². The van der Waals surface area contributed by atoms with Crippen LogP contribution in [-0.4, -0.2) is 24.7 Å². The van der Waals surface area contributed by atoms with Gasteiger partial charge in [-0.25, -0.2) is 22.2 Å². The summed E-state index contributed by atoms with van der Waals surface area (Å²) >= 11 is 0.